The number of rotatable bonds is 4. The lowest BCUT2D eigenvalue weighted by molar-refractivity contribution is -0.123. The van der Waals surface area contributed by atoms with Gasteiger partial charge in [-0.15, -0.1) is 0 Å². The Kier molecular flexibility index (Phi) is 4.53. The summed E-state index contributed by atoms with van der Waals surface area (Å²) in [7, 11) is 0. The fraction of sp³-hybridized carbons (Fsp3) is 0.600. The monoisotopic (exact) mass is 262 g/mol. The zero-order chi connectivity index (χ0) is 13.7. The number of carbonyl (C=O) groups is 1. The molecule has 4 heteroatoms. The van der Waals surface area contributed by atoms with E-state index in [9.17, 15) is 9.90 Å². The Morgan fingerprint density at radius 2 is 2.26 bits per heavy atom. The first-order chi connectivity index (χ1) is 9.13. The highest BCUT2D eigenvalue weighted by Crippen LogP contribution is 2.31. The molecule has 0 saturated heterocycles. The molecule has 0 atom stereocenters. The van der Waals surface area contributed by atoms with Gasteiger partial charge in [0.25, 0.3) is 0 Å². The van der Waals surface area contributed by atoms with E-state index in [4.69, 9.17) is 0 Å². The van der Waals surface area contributed by atoms with Crippen LogP contribution in [0.4, 0.5) is 0 Å². The van der Waals surface area contributed by atoms with E-state index < -0.39 is 5.54 Å². The second-order valence-electron chi connectivity index (χ2n) is 5.71. The summed E-state index contributed by atoms with van der Waals surface area (Å²) in [5.74, 6) is 0.659. The van der Waals surface area contributed by atoms with Crippen molar-refractivity contribution in [3.63, 3.8) is 0 Å². The third kappa shape index (κ3) is 3.77. The maximum atomic E-state index is 12.1. The van der Waals surface area contributed by atoms with Gasteiger partial charge in [0.1, 0.15) is 0 Å². The quantitative estimate of drug-likeness (QED) is 0.868. The van der Waals surface area contributed by atoms with E-state index in [2.05, 4.69) is 17.2 Å². The van der Waals surface area contributed by atoms with Gasteiger partial charge in [-0.05, 0) is 43.2 Å². The Balaban J connectivity index is 1.93. The van der Waals surface area contributed by atoms with Gasteiger partial charge in [-0.25, -0.2) is 0 Å². The van der Waals surface area contributed by atoms with Crippen LogP contribution < -0.4 is 5.32 Å². The standard InChI is InChI=1S/C15H22N2O2/c1-12-4-6-15(11-18,7-5-12)17-14(19)9-13-3-2-8-16-10-13/h2-3,8,10,12,18H,4-7,9,11H2,1H3,(H,17,19). The van der Waals surface area contributed by atoms with Crippen LogP contribution in [0.1, 0.15) is 38.2 Å². The predicted molar refractivity (Wildman–Crippen MR) is 73.5 cm³/mol. The third-order valence-electron chi connectivity index (χ3n) is 4.03. The predicted octanol–water partition coefficient (Wildman–Crippen LogP) is 1.68. The van der Waals surface area contributed by atoms with Crippen molar-refractivity contribution in [2.75, 3.05) is 6.61 Å². The van der Waals surface area contributed by atoms with E-state index >= 15 is 0 Å². The molecule has 1 aromatic heterocycles. The fourth-order valence-corrected chi connectivity index (χ4v) is 2.67. The van der Waals surface area contributed by atoms with Crippen molar-refractivity contribution in [2.45, 2.75) is 44.6 Å². The summed E-state index contributed by atoms with van der Waals surface area (Å²) >= 11 is 0. The average Bonchev–Trinajstić information content (AvgIpc) is 2.43. The fourth-order valence-electron chi connectivity index (χ4n) is 2.67. The number of nitrogens with zero attached hydrogens (tertiary/aromatic N) is 1. The minimum atomic E-state index is -0.411. The normalized spacial score (nSPS) is 26.9. The summed E-state index contributed by atoms with van der Waals surface area (Å²) in [5, 5.41) is 12.7. The van der Waals surface area contributed by atoms with Crippen molar-refractivity contribution in [3.8, 4) is 0 Å². The lowest BCUT2D eigenvalue weighted by Crippen LogP contribution is -2.53. The highest BCUT2D eigenvalue weighted by Gasteiger charge is 2.34. The van der Waals surface area contributed by atoms with E-state index in [0.29, 0.717) is 12.3 Å². The van der Waals surface area contributed by atoms with Gasteiger partial charge in [-0.2, -0.15) is 0 Å². The van der Waals surface area contributed by atoms with Crippen molar-refractivity contribution < 1.29 is 9.90 Å². The van der Waals surface area contributed by atoms with Crippen LogP contribution in [0.25, 0.3) is 0 Å². The molecule has 2 rings (SSSR count). The smallest absolute Gasteiger partial charge is 0.224 e. The van der Waals surface area contributed by atoms with Gasteiger partial charge >= 0.3 is 0 Å². The molecule has 1 aromatic rings. The maximum Gasteiger partial charge on any atom is 0.224 e. The van der Waals surface area contributed by atoms with Crippen molar-refractivity contribution in [3.05, 3.63) is 30.1 Å². The van der Waals surface area contributed by atoms with Crippen LogP contribution in [0.5, 0.6) is 0 Å². The van der Waals surface area contributed by atoms with Gasteiger partial charge in [0.2, 0.25) is 5.91 Å². The van der Waals surface area contributed by atoms with Gasteiger partial charge < -0.3 is 10.4 Å². The van der Waals surface area contributed by atoms with Crippen LogP contribution in [0.3, 0.4) is 0 Å². The molecular weight excluding hydrogens is 240 g/mol. The van der Waals surface area contributed by atoms with Crippen LogP contribution in [0.2, 0.25) is 0 Å². The number of hydrogen-bond acceptors (Lipinski definition) is 3. The number of amides is 1. The van der Waals surface area contributed by atoms with E-state index in [0.717, 1.165) is 31.2 Å². The molecule has 1 saturated carbocycles. The third-order valence-corrected chi connectivity index (χ3v) is 4.03. The topological polar surface area (TPSA) is 62.2 Å². The molecule has 0 bridgehead atoms. The molecule has 0 aliphatic heterocycles. The van der Waals surface area contributed by atoms with Gasteiger partial charge in [-0.3, -0.25) is 9.78 Å². The van der Waals surface area contributed by atoms with Gasteiger partial charge in [0.05, 0.1) is 18.6 Å². The summed E-state index contributed by atoms with van der Waals surface area (Å²) in [4.78, 5) is 16.1. The van der Waals surface area contributed by atoms with Crippen LogP contribution in [-0.4, -0.2) is 28.1 Å². The average molecular weight is 262 g/mol. The molecule has 104 valence electrons. The molecule has 1 heterocycles. The minimum Gasteiger partial charge on any atom is -0.394 e. The summed E-state index contributed by atoms with van der Waals surface area (Å²) in [6, 6.07) is 3.72. The maximum absolute atomic E-state index is 12.1. The second kappa shape index (κ2) is 6.15. The molecule has 1 aliphatic rings. The first kappa shape index (κ1) is 14.0. The Bertz CT molecular complexity index is 411. The lowest BCUT2D eigenvalue weighted by atomic mass is 9.77. The number of nitrogens with one attached hydrogen (secondary N) is 1. The largest absolute Gasteiger partial charge is 0.394 e. The van der Waals surface area contributed by atoms with Gasteiger partial charge in [0.15, 0.2) is 0 Å². The first-order valence-corrected chi connectivity index (χ1v) is 6.94. The number of aromatic nitrogens is 1. The number of pyridine rings is 1. The molecule has 4 nitrogen and oxygen atoms in total. The van der Waals surface area contributed by atoms with Crippen molar-refractivity contribution in [1.29, 1.82) is 0 Å². The molecule has 1 aliphatic carbocycles. The lowest BCUT2D eigenvalue weighted by Gasteiger charge is -2.38. The van der Waals surface area contributed by atoms with Gasteiger partial charge in [0, 0.05) is 12.4 Å². The summed E-state index contributed by atoms with van der Waals surface area (Å²) in [6.45, 7) is 2.25. The SMILES string of the molecule is CC1CCC(CO)(NC(=O)Cc2cccnc2)CC1. The molecule has 0 radical (unpaired) electrons. The molecule has 0 aromatic carbocycles. The van der Waals surface area contributed by atoms with Crippen LogP contribution in [-0.2, 0) is 11.2 Å². The zero-order valence-corrected chi connectivity index (χ0v) is 11.4. The number of aliphatic hydroxyl groups excluding tert-OH is 1. The molecule has 0 spiro atoms. The van der Waals surface area contributed by atoms with E-state index in [-0.39, 0.29) is 12.5 Å². The number of hydrogen-bond donors (Lipinski definition) is 2. The Labute approximate surface area is 114 Å². The Hall–Kier alpha value is -1.42. The molecule has 19 heavy (non-hydrogen) atoms. The molecule has 2 N–H and O–H groups in total. The Morgan fingerprint density at radius 1 is 1.53 bits per heavy atom. The van der Waals surface area contributed by atoms with E-state index in [1.54, 1.807) is 12.4 Å². The second-order valence-corrected chi connectivity index (χ2v) is 5.71. The van der Waals surface area contributed by atoms with Crippen LogP contribution >= 0.6 is 0 Å². The summed E-state index contributed by atoms with van der Waals surface area (Å²) in [6.07, 6.45) is 7.58. The van der Waals surface area contributed by atoms with Crippen molar-refractivity contribution in [1.82, 2.24) is 10.3 Å². The Morgan fingerprint density at radius 3 is 2.84 bits per heavy atom. The minimum absolute atomic E-state index is 0.0263. The molecule has 1 amide bonds. The number of aliphatic hydroxyl groups is 1. The summed E-state index contributed by atoms with van der Waals surface area (Å²) in [5.41, 5.74) is 0.489. The first-order valence-electron chi connectivity index (χ1n) is 6.94. The van der Waals surface area contributed by atoms with Crippen molar-refractivity contribution >= 4 is 5.91 Å². The van der Waals surface area contributed by atoms with E-state index in [1.807, 2.05) is 12.1 Å². The number of carbonyl (C=O) groups excluding carboxylic acids is 1. The van der Waals surface area contributed by atoms with Crippen LogP contribution in [0, 0.1) is 5.92 Å². The zero-order valence-electron chi connectivity index (χ0n) is 11.4. The molecule has 0 unspecified atom stereocenters. The van der Waals surface area contributed by atoms with Crippen molar-refractivity contribution in [2.24, 2.45) is 5.92 Å². The van der Waals surface area contributed by atoms with Crippen LogP contribution in [0.15, 0.2) is 24.5 Å². The summed E-state index contributed by atoms with van der Waals surface area (Å²) < 4.78 is 0. The highest BCUT2D eigenvalue weighted by atomic mass is 16.3. The highest BCUT2D eigenvalue weighted by molar-refractivity contribution is 5.79. The molecular formula is C15H22N2O2. The van der Waals surface area contributed by atoms with Gasteiger partial charge in [-0.1, -0.05) is 13.0 Å². The van der Waals surface area contributed by atoms with E-state index in [1.165, 1.54) is 0 Å². The molecule has 1 fully saturated rings.